The Bertz CT molecular complexity index is 297. The van der Waals surface area contributed by atoms with Crippen molar-refractivity contribution >= 4 is 5.82 Å². The van der Waals surface area contributed by atoms with Crippen LogP contribution in [0, 0.1) is 6.92 Å². The molecule has 1 saturated heterocycles. The molecule has 1 aromatic rings. The number of aliphatic hydroxyl groups is 1. The highest BCUT2D eigenvalue weighted by Crippen LogP contribution is 2.17. The fraction of sp³-hybridized carbons (Fsp3) is 0.545. The molecule has 3 heteroatoms. The zero-order valence-corrected chi connectivity index (χ0v) is 8.48. The normalized spacial score (nSPS) is 22.4. The van der Waals surface area contributed by atoms with Gasteiger partial charge < -0.3 is 10.0 Å². The summed E-state index contributed by atoms with van der Waals surface area (Å²) in [5, 5.41) is 9.53. The van der Waals surface area contributed by atoms with Gasteiger partial charge in [0.2, 0.25) is 0 Å². The summed E-state index contributed by atoms with van der Waals surface area (Å²) in [6, 6.07) is 4.08. The maximum atomic E-state index is 9.53. The Labute approximate surface area is 84.4 Å². The first-order valence-corrected chi connectivity index (χ1v) is 5.11. The first-order valence-electron chi connectivity index (χ1n) is 5.11. The molecule has 1 aliphatic rings. The Kier molecular flexibility index (Phi) is 2.68. The van der Waals surface area contributed by atoms with Crippen molar-refractivity contribution in [2.45, 2.75) is 25.9 Å². The minimum Gasteiger partial charge on any atom is -0.391 e. The van der Waals surface area contributed by atoms with E-state index in [1.807, 2.05) is 19.2 Å². The summed E-state index contributed by atoms with van der Waals surface area (Å²) in [6.45, 7) is 3.75. The Morgan fingerprint density at radius 1 is 1.50 bits per heavy atom. The molecule has 1 fully saturated rings. The molecule has 1 N–H and O–H groups in total. The summed E-state index contributed by atoms with van der Waals surface area (Å²) in [7, 11) is 0. The van der Waals surface area contributed by atoms with Gasteiger partial charge in [0.1, 0.15) is 5.82 Å². The molecule has 2 rings (SSSR count). The van der Waals surface area contributed by atoms with Gasteiger partial charge in [-0.1, -0.05) is 6.07 Å². The van der Waals surface area contributed by atoms with Crippen LogP contribution in [0.4, 0.5) is 5.82 Å². The molecule has 0 bridgehead atoms. The van der Waals surface area contributed by atoms with Crippen molar-refractivity contribution in [3.63, 3.8) is 0 Å². The summed E-state index contributed by atoms with van der Waals surface area (Å²) in [5.74, 6) is 0.981. The molecule has 1 aromatic heterocycles. The van der Waals surface area contributed by atoms with Gasteiger partial charge >= 0.3 is 0 Å². The van der Waals surface area contributed by atoms with E-state index in [-0.39, 0.29) is 6.10 Å². The van der Waals surface area contributed by atoms with Crippen LogP contribution in [0.25, 0.3) is 0 Å². The average Bonchev–Trinajstić information content (AvgIpc) is 2.19. The average molecular weight is 192 g/mol. The van der Waals surface area contributed by atoms with Gasteiger partial charge in [-0.05, 0) is 31.4 Å². The van der Waals surface area contributed by atoms with Crippen molar-refractivity contribution in [3.05, 3.63) is 23.9 Å². The summed E-state index contributed by atoms with van der Waals surface area (Å²) in [6.07, 6.45) is 3.65. The number of aryl methyl sites for hydroxylation is 1. The third-order valence-corrected chi connectivity index (χ3v) is 2.62. The lowest BCUT2D eigenvalue weighted by Gasteiger charge is -2.30. The molecule has 0 spiro atoms. The minimum absolute atomic E-state index is 0.188. The van der Waals surface area contributed by atoms with E-state index in [9.17, 15) is 5.11 Å². The number of anilines is 1. The summed E-state index contributed by atoms with van der Waals surface area (Å²) < 4.78 is 0. The van der Waals surface area contributed by atoms with Gasteiger partial charge in [0.05, 0.1) is 6.10 Å². The predicted molar refractivity (Wildman–Crippen MR) is 56.4 cm³/mol. The standard InChI is InChI=1S/C11H16N2O/c1-9-4-5-11(12-7-9)13-6-2-3-10(14)8-13/h4-5,7,10,14H,2-3,6,8H2,1H3. The molecule has 14 heavy (non-hydrogen) atoms. The Balaban J connectivity index is 2.10. The predicted octanol–water partition coefficient (Wildman–Crippen LogP) is 1.35. The molecule has 0 amide bonds. The maximum absolute atomic E-state index is 9.53. The monoisotopic (exact) mass is 192 g/mol. The first kappa shape index (κ1) is 9.46. The van der Waals surface area contributed by atoms with E-state index in [0.29, 0.717) is 0 Å². The van der Waals surface area contributed by atoms with Gasteiger partial charge in [0.15, 0.2) is 0 Å². The van der Waals surface area contributed by atoms with E-state index in [0.717, 1.165) is 31.7 Å². The van der Waals surface area contributed by atoms with E-state index in [4.69, 9.17) is 0 Å². The quantitative estimate of drug-likeness (QED) is 0.729. The van der Waals surface area contributed by atoms with Gasteiger partial charge in [-0.25, -0.2) is 4.98 Å². The SMILES string of the molecule is Cc1ccc(N2CCCC(O)C2)nc1. The number of aromatic nitrogens is 1. The second-order valence-electron chi connectivity index (χ2n) is 3.94. The molecular formula is C11H16N2O. The van der Waals surface area contributed by atoms with Crippen LogP contribution in [0.2, 0.25) is 0 Å². The van der Waals surface area contributed by atoms with Crippen LogP contribution in [0.3, 0.4) is 0 Å². The van der Waals surface area contributed by atoms with Crippen molar-refractivity contribution in [2.24, 2.45) is 0 Å². The highest BCUT2D eigenvalue weighted by molar-refractivity contribution is 5.39. The van der Waals surface area contributed by atoms with E-state index >= 15 is 0 Å². The number of β-amino-alcohol motifs (C(OH)–C–C–N with tert-alkyl or cyclic N) is 1. The fourth-order valence-electron chi connectivity index (χ4n) is 1.81. The summed E-state index contributed by atoms with van der Waals surface area (Å²) in [4.78, 5) is 6.50. The molecule has 76 valence electrons. The number of hydrogen-bond acceptors (Lipinski definition) is 3. The van der Waals surface area contributed by atoms with E-state index in [2.05, 4.69) is 16.0 Å². The van der Waals surface area contributed by atoms with Crippen molar-refractivity contribution < 1.29 is 5.11 Å². The van der Waals surface area contributed by atoms with Crippen LogP contribution in [-0.4, -0.2) is 29.3 Å². The lowest BCUT2D eigenvalue weighted by atomic mass is 10.1. The Hall–Kier alpha value is -1.09. The number of pyridine rings is 1. The number of nitrogens with zero attached hydrogens (tertiary/aromatic N) is 2. The summed E-state index contributed by atoms with van der Waals surface area (Å²) >= 11 is 0. The second kappa shape index (κ2) is 3.96. The van der Waals surface area contributed by atoms with Crippen LogP contribution in [0.5, 0.6) is 0 Å². The molecule has 0 saturated carbocycles. The molecule has 0 aromatic carbocycles. The van der Waals surface area contributed by atoms with Crippen molar-refractivity contribution in [2.75, 3.05) is 18.0 Å². The maximum Gasteiger partial charge on any atom is 0.128 e. The minimum atomic E-state index is -0.188. The van der Waals surface area contributed by atoms with Gasteiger partial charge in [0.25, 0.3) is 0 Å². The number of rotatable bonds is 1. The Morgan fingerprint density at radius 3 is 3.00 bits per heavy atom. The molecule has 1 atom stereocenters. The zero-order valence-electron chi connectivity index (χ0n) is 8.48. The zero-order chi connectivity index (χ0) is 9.97. The summed E-state index contributed by atoms with van der Waals surface area (Å²) in [5.41, 5.74) is 1.17. The molecule has 2 heterocycles. The van der Waals surface area contributed by atoms with Gasteiger partial charge in [-0.15, -0.1) is 0 Å². The molecule has 0 radical (unpaired) electrons. The van der Waals surface area contributed by atoms with Crippen LogP contribution in [0.1, 0.15) is 18.4 Å². The highest BCUT2D eigenvalue weighted by atomic mass is 16.3. The van der Waals surface area contributed by atoms with Gasteiger partial charge in [0, 0.05) is 19.3 Å². The largest absolute Gasteiger partial charge is 0.391 e. The lowest BCUT2D eigenvalue weighted by Crippen LogP contribution is -2.38. The van der Waals surface area contributed by atoms with Crippen molar-refractivity contribution in [1.29, 1.82) is 0 Å². The van der Waals surface area contributed by atoms with Crippen LogP contribution in [0.15, 0.2) is 18.3 Å². The number of hydrogen-bond donors (Lipinski definition) is 1. The second-order valence-corrected chi connectivity index (χ2v) is 3.94. The number of aliphatic hydroxyl groups excluding tert-OH is 1. The lowest BCUT2D eigenvalue weighted by molar-refractivity contribution is 0.154. The van der Waals surface area contributed by atoms with Crippen molar-refractivity contribution in [3.8, 4) is 0 Å². The van der Waals surface area contributed by atoms with Gasteiger partial charge in [-0.3, -0.25) is 0 Å². The molecular weight excluding hydrogens is 176 g/mol. The number of piperidine rings is 1. The van der Waals surface area contributed by atoms with Crippen LogP contribution >= 0.6 is 0 Å². The first-order chi connectivity index (χ1) is 6.75. The third kappa shape index (κ3) is 2.04. The molecule has 3 nitrogen and oxygen atoms in total. The van der Waals surface area contributed by atoms with Crippen LogP contribution < -0.4 is 4.90 Å². The highest BCUT2D eigenvalue weighted by Gasteiger charge is 2.18. The molecule has 1 aliphatic heterocycles. The third-order valence-electron chi connectivity index (χ3n) is 2.62. The van der Waals surface area contributed by atoms with Gasteiger partial charge in [-0.2, -0.15) is 0 Å². The van der Waals surface area contributed by atoms with Crippen LogP contribution in [-0.2, 0) is 0 Å². The fourth-order valence-corrected chi connectivity index (χ4v) is 1.81. The smallest absolute Gasteiger partial charge is 0.128 e. The molecule has 1 unspecified atom stereocenters. The topological polar surface area (TPSA) is 36.4 Å². The Morgan fingerprint density at radius 2 is 2.36 bits per heavy atom. The van der Waals surface area contributed by atoms with Crippen molar-refractivity contribution in [1.82, 2.24) is 4.98 Å². The van der Waals surface area contributed by atoms with E-state index < -0.39 is 0 Å². The van der Waals surface area contributed by atoms with E-state index in [1.54, 1.807) is 0 Å². The van der Waals surface area contributed by atoms with E-state index in [1.165, 1.54) is 5.56 Å². The molecule has 0 aliphatic carbocycles.